The molecule has 4 aliphatic rings. The lowest BCUT2D eigenvalue weighted by Gasteiger charge is -2.56. The zero-order chi connectivity index (χ0) is 25.7. The number of hydrogen-bond acceptors (Lipinski definition) is 5. The summed E-state index contributed by atoms with van der Waals surface area (Å²) in [6, 6.07) is 7.98. The molecule has 0 aliphatic heterocycles. The van der Waals surface area contributed by atoms with E-state index in [0.717, 1.165) is 44.9 Å². The van der Waals surface area contributed by atoms with Gasteiger partial charge in [0.15, 0.2) is 5.78 Å². The summed E-state index contributed by atoms with van der Waals surface area (Å²) in [4.78, 5) is 12.3. The zero-order valence-electron chi connectivity index (χ0n) is 22.0. The third-order valence-corrected chi connectivity index (χ3v) is 11.9. The maximum Gasteiger partial charge on any atom is 0.360 e. The van der Waals surface area contributed by atoms with E-state index in [-0.39, 0.29) is 22.7 Å². The second kappa shape index (κ2) is 9.51. The Morgan fingerprint density at radius 1 is 1.08 bits per heavy atom. The first-order valence-electron chi connectivity index (χ1n) is 13.2. The smallest absolute Gasteiger partial charge is 0.360 e. The summed E-state index contributed by atoms with van der Waals surface area (Å²) in [7, 11) is 1.40. The molecule has 1 aromatic rings. The van der Waals surface area contributed by atoms with E-state index < -0.39 is 7.60 Å². The van der Waals surface area contributed by atoms with Crippen LogP contribution in [-0.4, -0.2) is 32.7 Å². The van der Waals surface area contributed by atoms with Crippen molar-refractivity contribution >= 4 is 18.7 Å². The lowest BCUT2D eigenvalue weighted by Crippen LogP contribution is -2.52. The summed E-state index contributed by atoms with van der Waals surface area (Å²) in [5, 5.41) is 0.566. The highest BCUT2D eigenvalue weighted by Crippen LogP contribution is 2.68. The van der Waals surface area contributed by atoms with Crippen LogP contribution < -0.4 is 5.30 Å². The number of ketones is 1. The molecule has 0 N–H and O–H groups in total. The Morgan fingerprint density at radius 2 is 1.81 bits per heavy atom. The van der Waals surface area contributed by atoms with Crippen LogP contribution >= 0.6 is 7.60 Å². The largest absolute Gasteiger partial charge is 0.377 e. The van der Waals surface area contributed by atoms with Crippen LogP contribution in [0.3, 0.4) is 0 Å². The van der Waals surface area contributed by atoms with Gasteiger partial charge in [0.25, 0.3) is 0 Å². The minimum atomic E-state index is -3.31. The van der Waals surface area contributed by atoms with E-state index in [0.29, 0.717) is 23.6 Å². The van der Waals surface area contributed by atoms with Crippen LogP contribution in [0.1, 0.15) is 69.8 Å². The van der Waals surface area contributed by atoms with E-state index >= 15 is 0 Å². The van der Waals surface area contributed by atoms with Crippen LogP contribution in [0.4, 0.5) is 0 Å². The van der Waals surface area contributed by atoms with Crippen molar-refractivity contribution in [3.8, 4) is 0 Å². The molecule has 0 saturated heterocycles. The first kappa shape index (κ1) is 25.9. The molecule has 194 valence electrons. The van der Waals surface area contributed by atoms with Crippen LogP contribution in [0.2, 0.25) is 0 Å². The molecular formula is C30H39O5P. The van der Waals surface area contributed by atoms with Crippen molar-refractivity contribution in [2.75, 3.05) is 21.3 Å². The van der Waals surface area contributed by atoms with Gasteiger partial charge in [0.2, 0.25) is 0 Å². The van der Waals surface area contributed by atoms with Crippen LogP contribution in [0.5, 0.6) is 0 Å². The van der Waals surface area contributed by atoms with E-state index in [2.05, 4.69) is 25.6 Å². The molecule has 5 rings (SSSR count). The van der Waals surface area contributed by atoms with Crippen LogP contribution in [-0.2, 0) is 23.1 Å². The number of carbonyl (C=O) groups is 1. The number of hydrogen-bond donors (Lipinski definition) is 0. The quantitative estimate of drug-likeness (QED) is 0.303. The molecule has 0 aromatic heterocycles. The van der Waals surface area contributed by atoms with E-state index in [1.165, 1.54) is 30.9 Å². The van der Waals surface area contributed by atoms with Crippen molar-refractivity contribution < 1.29 is 23.1 Å². The number of ether oxygens (including phenoxy) is 1. The summed E-state index contributed by atoms with van der Waals surface area (Å²) in [5.74, 6) is 1.52. The fraction of sp³-hybridized carbons (Fsp3) is 0.567. The molecule has 1 aromatic carbocycles. The lowest BCUT2D eigenvalue weighted by atomic mass is 9.51. The molecule has 2 fully saturated rings. The number of fused-ring (bicyclic) bond motifs is 4. The van der Waals surface area contributed by atoms with Gasteiger partial charge in [-0.3, -0.25) is 9.36 Å². The molecule has 0 spiro atoms. The Labute approximate surface area is 215 Å². The summed E-state index contributed by atoms with van der Waals surface area (Å²) >= 11 is 0. The fourth-order valence-electron chi connectivity index (χ4n) is 8.20. The van der Waals surface area contributed by atoms with Gasteiger partial charge in [0.1, 0.15) is 0 Å². The second-order valence-electron chi connectivity index (χ2n) is 11.2. The van der Waals surface area contributed by atoms with Crippen molar-refractivity contribution in [2.45, 2.75) is 69.8 Å². The molecule has 5 nitrogen and oxygen atoms in total. The molecular weight excluding hydrogens is 471 g/mol. The molecule has 0 radical (unpaired) electrons. The van der Waals surface area contributed by atoms with Crippen molar-refractivity contribution in [1.82, 2.24) is 0 Å². The van der Waals surface area contributed by atoms with Gasteiger partial charge in [0, 0.05) is 39.1 Å². The van der Waals surface area contributed by atoms with E-state index in [1.807, 2.05) is 31.4 Å². The summed E-state index contributed by atoms with van der Waals surface area (Å²) < 4.78 is 29.8. The van der Waals surface area contributed by atoms with E-state index in [4.69, 9.17) is 13.8 Å². The second-order valence-corrected chi connectivity index (χ2v) is 13.4. The van der Waals surface area contributed by atoms with Gasteiger partial charge in [-0.25, -0.2) is 0 Å². The average Bonchev–Trinajstić information content (AvgIpc) is 3.19. The number of methoxy groups -OCH3 is 1. The average molecular weight is 511 g/mol. The van der Waals surface area contributed by atoms with Crippen molar-refractivity contribution in [3.63, 3.8) is 0 Å². The maximum atomic E-state index is 13.0. The SMILES string of the molecule is C=CC[C@]1(OC)CC[C@H]2[C@@H]3CCC4=CC(=O)CCC4=C3[C@@H](c3ccc(P(=O)(OC)OC)cc3)C[C@@]21C. The van der Waals surface area contributed by atoms with Crippen LogP contribution in [0.15, 0.2) is 59.7 Å². The third-order valence-electron chi connectivity index (χ3n) is 9.98. The molecule has 6 heteroatoms. The van der Waals surface area contributed by atoms with Gasteiger partial charge < -0.3 is 13.8 Å². The zero-order valence-corrected chi connectivity index (χ0v) is 22.9. The Bertz CT molecular complexity index is 1160. The Kier molecular flexibility index (Phi) is 6.83. The van der Waals surface area contributed by atoms with Crippen LogP contribution in [0.25, 0.3) is 0 Å². The first-order valence-corrected chi connectivity index (χ1v) is 14.7. The van der Waals surface area contributed by atoms with Gasteiger partial charge in [-0.1, -0.05) is 30.7 Å². The monoisotopic (exact) mass is 510 g/mol. The standard InChI is InChI=1S/C30H39O5P/c1-6-16-30(33-3)17-15-27-25-13-9-21-18-22(31)10-14-24(21)28(25)26(19-29(27,30)2)20-7-11-23(12-8-20)36(32,34-4)35-5/h6-8,11-12,18,25-27H,1,9-10,13-17,19H2,2-5H3/t25-,26+,27-,29-,30-/m0/s1. The molecule has 0 unspecified atom stereocenters. The topological polar surface area (TPSA) is 61.8 Å². The maximum absolute atomic E-state index is 13.0. The summed E-state index contributed by atoms with van der Waals surface area (Å²) in [5.41, 5.74) is 5.25. The molecule has 0 amide bonds. The molecule has 4 aliphatic carbocycles. The molecule has 0 bridgehead atoms. The third kappa shape index (κ3) is 3.77. The normalized spacial score (nSPS) is 34.1. The van der Waals surface area contributed by atoms with Crippen molar-refractivity contribution in [2.24, 2.45) is 17.3 Å². The Morgan fingerprint density at radius 3 is 2.44 bits per heavy atom. The molecule has 2 saturated carbocycles. The highest BCUT2D eigenvalue weighted by molar-refractivity contribution is 7.62. The van der Waals surface area contributed by atoms with E-state index in [9.17, 15) is 9.36 Å². The Hall–Kier alpha value is -1.78. The van der Waals surface area contributed by atoms with Gasteiger partial charge >= 0.3 is 7.60 Å². The Balaban J connectivity index is 1.65. The number of carbonyl (C=O) groups excluding carboxylic acids is 1. The van der Waals surface area contributed by atoms with Gasteiger partial charge in [-0.2, -0.15) is 0 Å². The van der Waals surface area contributed by atoms with Gasteiger partial charge in [-0.15, -0.1) is 6.58 Å². The van der Waals surface area contributed by atoms with E-state index in [1.54, 1.807) is 5.57 Å². The van der Waals surface area contributed by atoms with Crippen molar-refractivity contribution in [3.05, 3.63) is 65.3 Å². The predicted molar refractivity (Wildman–Crippen MR) is 143 cm³/mol. The number of rotatable bonds is 7. The van der Waals surface area contributed by atoms with Crippen molar-refractivity contribution in [1.29, 1.82) is 0 Å². The minimum absolute atomic E-state index is 0.00800. The van der Waals surface area contributed by atoms with Crippen LogP contribution in [0, 0.1) is 17.3 Å². The summed E-state index contributed by atoms with van der Waals surface area (Å²) in [6.45, 7) is 6.52. The first-order chi connectivity index (χ1) is 17.3. The highest BCUT2D eigenvalue weighted by atomic mass is 31.2. The van der Waals surface area contributed by atoms with Gasteiger partial charge in [0.05, 0.1) is 10.9 Å². The number of benzene rings is 1. The lowest BCUT2D eigenvalue weighted by molar-refractivity contribution is -0.117. The van der Waals surface area contributed by atoms with Gasteiger partial charge in [-0.05, 0) is 91.7 Å². The predicted octanol–water partition coefficient (Wildman–Crippen LogP) is 6.66. The minimum Gasteiger partial charge on any atom is -0.377 e. The highest BCUT2D eigenvalue weighted by Gasteiger charge is 2.63. The molecule has 5 atom stereocenters. The molecule has 36 heavy (non-hydrogen) atoms. The molecule has 0 heterocycles. The summed E-state index contributed by atoms with van der Waals surface area (Å²) in [6.07, 6.45) is 11.5. The fourth-order valence-corrected chi connectivity index (χ4v) is 9.28. The number of allylic oxidation sites excluding steroid dienone is 4.